The first-order chi connectivity index (χ1) is 5.66. The van der Waals surface area contributed by atoms with Gasteiger partial charge < -0.3 is 14.8 Å². The van der Waals surface area contributed by atoms with Crippen molar-refractivity contribution in [1.29, 1.82) is 0 Å². The molecule has 0 amide bonds. The molecule has 0 saturated carbocycles. The van der Waals surface area contributed by atoms with Gasteiger partial charge in [0.15, 0.2) is 0 Å². The van der Waals surface area contributed by atoms with Crippen molar-refractivity contribution in [3.8, 4) is 5.75 Å². The number of halogens is 1. The minimum atomic E-state index is -1.67. The fraction of sp³-hybridized carbons (Fsp3) is 0.167. The van der Waals surface area contributed by atoms with Crippen LogP contribution >= 0.6 is 11.6 Å². The third-order valence-electron chi connectivity index (χ3n) is 1.35. The fourth-order valence-corrected chi connectivity index (χ4v) is 1.07. The van der Waals surface area contributed by atoms with E-state index >= 15 is 0 Å². The molecule has 1 aromatic heterocycles. The fourth-order valence-electron chi connectivity index (χ4n) is 0.779. The topological polar surface area (TPSA) is 62.6 Å². The minimum Gasteiger partial charge on any atom is -0.495 e. The van der Waals surface area contributed by atoms with Crippen LogP contribution in [0, 0.1) is 0 Å². The maximum absolute atomic E-state index is 8.78. The summed E-state index contributed by atoms with van der Waals surface area (Å²) in [5.74, 6) is 0.370. The van der Waals surface area contributed by atoms with Crippen molar-refractivity contribution in [2.45, 2.75) is 0 Å². The molecule has 0 aliphatic carbocycles. The number of hydrogen-bond donors (Lipinski definition) is 2. The molecule has 0 spiro atoms. The molecular weight excluding hydrogens is 180 g/mol. The molecule has 1 heterocycles. The highest BCUT2D eigenvalue weighted by atomic mass is 35.5. The Balaban J connectivity index is 3.14. The second-order valence-electron chi connectivity index (χ2n) is 2.09. The van der Waals surface area contributed by atoms with Crippen LogP contribution in [0.5, 0.6) is 5.75 Å². The Hall–Kier alpha value is -0.775. The minimum absolute atomic E-state index is 0.00369. The van der Waals surface area contributed by atoms with E-state index in [1.807, 2.05) is 0 Å². The predicted octanol–water partition coefficient (Wildman–Crippen LogP) is -0.577. The summed E-state index contributed by atoms with van der Waals surface area (Å²) in [6.45, 7) is 0. The van der Waals surface area contributed by atoms with Crippen molar-refractivity contribution < 1.29 is 14.8 Å². The van der Waals surface area contributed by atoms with Gasteiger partial charge in [-0.2, -0.15) is 0 Å². The molecule has 0 bridgehead atoms. The summed E-state index contributed by atoms with van der Waals surface area (Å²) < 4.78 is 4.84. The van der Waals surface area contributed by atoms with Gasteiger partial charge >= 0.3 is 7.12 Å². The molecule has 2 N–H and O–H groups in total. The van der Waals surface area contributed by atoms with Crippen molar-refractivity contribution in [3.63, 3.8) is 0 Å². The van der Waals surface area contributed by atoms with Gasteiger partial charge in [0.2, 0.25) is 0 Å². The average Bonchev–Trinajstić information content (AvgIpc) is 2.04. The second-order valence-corrected chi connectivity index (χ2v) is 2.46. The number of methoxy groups -OCH3 is 1. The first-order valence-corrected chi connectivity index (χ1v) is 3.59. The van der Waals surface area contributed by atoms with E-state index in [1.165, 1.54) is 19.4 Å². The van der Waals surface area contributed by atoms with E-state index in [0.717, 1.165) is 0 Å². The summed E-state index contributed by atoms with van der Waals surface area (Å²) in [5.41, 5.74) is -0.00369. The molecule has 0 fully saturated rings. The van der Waals surface area contributed by atoms with Crippen LogP contribution in [-0.4, -0.2) is 29.3 Å². The number of rotatable bonds is 2. The zero-order valence-corrected chi connectivity index (χ0v) is 7.12. The summed E-state index contributed by atoms with van der Waals surface area (Å²) >= 11 is 5.70. The Morgan fingerprint density at radius 1 is 1.58 bits per heavy atom. The quantitative estimate of drug-likeness (QED) is 0.608. The molecule has 0 aromatic carbocycles. The lowest BCUT2D eigenvalue weighted by molar-refractivity contribution is 0.411. The van der Waals surface area contributed by atoms with E-state index in [1.54, 1.807) is 0 Å². The van der Waals surface area contributed by atoms with Crippen molar-refractivity contribution in [3.05, 3.63) is 17.3 Å². The molecule has 12 heavy (non-hydrogen) atoms. The number of ether oxygens (including phenoxy) is 1. The zero-order chi connectivity index (χ0) is 9.14. The van der Waals surface area contributed by atoms with Gasteiger partial charge in [0.1, 0.15) is 10.8 Å². The Morgan fingerprint density at radius 3 is 2.75 bits per heavy atom. The van der Waals surface area contributed by atoms with Gasteiger partial charge in [-0.3, -0.25) is 4.98 Å². The molecule has 0 atom stereocenters. The molecule has 0 saturated heterocycles. The lowest BCUT2D eigenvalue weighted by Crippen LogP contribution is -2.33. The van der Waals surface area contributed by atoms with Crippen LogP contribution < -0.4 is 10.3 Å². The Bertz CT molecular complexity index is 281. The first-order valence-electron chi connectivity index (χ1n) is 3.21. The maximum atomic E-state index is 8.78. The van der Waals surface area contributed by atoms with Gasteiger partial charge in [-0.15, -0.1) is 0 Å². The monoisotopic (exact) mass is 187 g/mol. The van der Waals surface area contributed by atoms with Crippen molar-refractivity contribution >= 4 is 24.3 Å². The lowest BCUT2D eigenvalue weighted by Gasteiger charge is -2.05. The van der Waals surface area contributed by atoms with Crippen molar-refractivity contribution in [2.24, 2.45) is 0 Å². The van der Waals surface area contributed by atoms with Gasteiger partial charge in [0.25, 0.3) is 0 Å². The number of nitrogens with zero attached hydrogens (tertiary/aromatic N) is 1. The molecule has 0 aliphatic heterocycles. The average molecular weight is 187 g/mol. The Labute approximate surface area is 74.9 Å². The van der Waals surface area contributed by atoms with Gasteiger partial charge in [0, 0.05) is 6.20 Å². The Kier molecular flexibility index (Phi) is 2.91. The number of aromatic nitrogens is 1. The number of hydrogen-bond acceptors (Lipinski definition) is 4. The molecule has 6 heteroatoms. The molecule has 1 rings (SSSR count). The number of pyridine rings is 1. The van der Waals surface area contributed by atoms with E-state index in [2.05, 4.69) is 4.98 Å². The zero-order valence-electron chi connectivity index (χ0n) is 6.36. The van der Waals surface area contributed by atoms with Crippen LogP contribution in [0.3, 0.4) is 0 Å². The van der Waals surface area contributed by atoms with Crippen LogP contribution in [0.1, 0.15) is 0 Å². The van der Waals surface area contributed by atoms with Gasteiger partial charge in [-0.1, -0.05) is 11.6 Å². The second kappa shape index (κ2) is 3.75. The van der Waals surface area contributed by atoms with E-state index in [-0.39, 0.29) is 10.6 Å². The molecule has 64 valence electrons. The Morgan fingerprint density at radius 2 is 2.25 bits per heavy atom. The molecule has 4 nitrogen and oxygen atoms in total. The van der Waals surface area contributed by atoms with E-state index in [0.29, 0.717) is 5.75 Å². The van der Waals surface area contributed by atoms with E-state index in [4.69, 9.17) is 26.4 Å². The summed E-state index contributed by atoms with van der Waals surface area (Å²) in [7, 11) is -0.234. The first kappa shape index (κ1) is 9.31. The van der Waals surface area contributed by atoms with Crippen LogP contribution in [0.2, 0.25) is 5.02 Å². The summed E-state index contributed by atoms with van der Waals surface area (Å²) in [4.78, 5) is 3.67. The molecule has 0 radical (unpaired) electrons. The third kappa shape index (κ3) is 1.69. The van der Waals surface area contributed by atoms with E-state index in [9.17, 15) is 0 Å². The smallest absolute Gasteiger partial charge is 0.495 e. The highest BCUT2D eigenvalue weighted by Crippen LogP contribution is 2.19. The van der Waals surface area contributed by atoms with E-state index < -0.39 is 7.12 Å². The molecule has 0 aliphatic rings. The highest BCUT2D eigenvalue weighted by Gasteiger charge is 2.19. The maximum Gasteiger partial charge on any atom is 0.509 e. The van der Waals surface area contributed by atoms with Gasteiger partial charge in [-0.25, -0.2) is 0 Å². The van der Waals surface area contributed by atoms with Crippen LogP contribution in [0.4, 0.5) is 0 Å². The SMILES string of the molecule is COc1ccnc(B(O)O)c1Cl. The third-order valence-corrected chi connectivity index (χ3v) is 1.73. The standard InChI is InChI=1S/C6H7BClNO3/c1-12-4-2-3-9-6(5(4)8)7(10)11/h2-3,10-11H,1H3. The molecular formula is C6H7BClNO3. The van der Waals surface area contributed by atoms with Crippen LogP contribution in [0.15, 0.2) is 12.3 Å². The van der Waals surface area contributed by atoms with Gasteiger partial charge in [0.05, 0.1) is 12.7 Å². The molecule has 0 unspecified atom stereocenters. The van der Waals surface area contributed by atoms with Crippen LogP contribution in [0.25, 0.3) is 0 Å². The summed E-state index contributed by atoms with van der Waals surface area (Å²) in [6.07, 6.45) is 1.39. The molecule has 1 aromatic rings. The van der Waals surface area contributed by atoms with Crippen molar-refractivity contribution in [1.82, 2.24) is 4.98 Å². The van der Waals surface area contributed by atoms with Crippen molar-refractivity contribution in [2.75, 3.05) is 7.11 Å². The summed E-state index contributed by atoms with van der Waals surface area (Å²) in [5, 5.41) is 17.7. The predicted molar refractivity (Wildman–Crippen MR) is 45.6 cm³/mol. The lowest BCUT2D eigenvalue weighted by atomic mass is 9.85. The van der Waals surface area contributed by atoms with Crippen LogP contribution in [-0.2, 0) is 0 Å². The highest BCUT2D eigenvalue weighted by molar-refractivity contribution is 6.62. The summed E-state index contributed by atoms with van der Waals surface area (Å²) in [6, 6.07) is 1.54. The normalized spacial score (nSPS) is 9.67. The largest absolute Gasteiger partial charge is 0.509 e. The van der Waals surface area contributed by atoms with Gasteiger partial charge in [-0.05, 0) is 6.07 Å².